The molecule has 0 spiro atoms. The Balaban J connectivity index is 2.41. The number of carbonyl (C=O) groups excluding carboxylic acids is 1. The summed E-state index contributed by atoms with van der Waals surface area (Å²) in [5.41, 5.74) is 8.22. The highest BCUT2D eigenvalue weighted by Crippen LogP contribution is 2.23. The summed E-state index contributed by atoms with van der Waals surface area (Å²) in [6.45, 7) is 0. The molecule has 2 N–H and O–H groups in total. The lowest BCUT2D eigenvalue weighted by Crippen LogP contribution is -2.05. The first-order chi connectivity index (χ1) is 8.22. The number of nitrogens with zero attached hydrogens (tertiary/aromatic N) is 2. The lowest BCUT2D eigenvalue weighted by atomic mass is 10.1. The first kappa shape index (κ1) is 11.1. The molecule has 0 aliphatic heterocycles. The molecule has 0 radical (unpaired) electrons. The van der Waals surface area contributed by atoms with Gasteiger partial charge in [-0.2, -0.15) is 0 Å². The van der Waals surface area contributed by atoms with E-state index in [1.165, 1.54) is 13.4 Å². The number of ether oxygens (including phenoxy) is 1. The van der Waals surface area contributed by atoms with Crippen molar-refractivity contribution in [3.63, 3.8) is 0 Å². The summed E-state index contributed by atoms with van der Waals surface area (Å²) in [4.78, 5) is 19.2. The summed E-state index contributed by atoms with van der Waals surface area (Å²) in [6.07, 6.45) is 4.81. The second-order valence-electron chi connectivity index (χ2n) is 3.42. The van der Waals surface area contributed by atoms with Gasteiger partial charge in [-0.1, -0.05) is 6.07 Å². The van der Waals surface area contributed by atoms with Gasteiger partial charge in [-0.25, -0.2) is 14.8 Å². The first-order valence-electron chi connectivity index (χ1n) is 4.95. The van der Waals surface area contributed by atoms with Crippen LogP contribution in [0.4, 0.5) is 5.69 Å². The molecule has 0 aliphatic carbocycles. The van der Waals surface area contributed by atoms with Gasteiger partial charge in [0.25, 0.3) is 0 Å². The van der Waals surface area contributed by atoms with Crippen LogP contribution >= 0.6 is 0 Å². The summed E-state index contributed by atoms with van der Waals surface area (Å²) >= 11 is 0. The minimum atomic E-state index is -0.446. The van der Waals surface area contributed by atoms with Crippen LogP contribution in [0.25, 0.3) is 11.1 Å². The normalized spacial score (nSPS) is 9.94. The number of hydrogen-bond acceptors (Lipinski definition) is 5. The highest BCUT2D eigenvalue weighted by molar-refractivity contribution is 5.96. The average Bonchev–Trinajstić information content (AvgIpc) is 2.39. The van der Waals surface area contributed by atoms with Crippen molar-refractivity contribution in [2.75, 3.05) is 12.8 Å². The van der Waals surface area contributed by atoms with Crippen LogP contribution in [0.15, 0.2) is 36.9 Å². The lowest BCUT2D eigenvalue weighted by molar-refractivity contribution is 0.0602. The number of carbonyl (C=O) groups is 1. The van der Waals surface area contributed by atoms with Crippen LogP contribution in [-0.2, 0) is 4.74 Å². The monoisotopic (exact) mass is 229 g/mol. The molecule has 5 heteroatoms. The van der Waals surface area contributed by atoms with Crippen molar-refractivity contribution in [3.8, 4) is 11.1 Å². The fourth-order valence-electron chi connectivity index (χ4n) is 1.49. The van der Waals surface area contributed by atoms with E-state index in [1.54, 1.807) is 30.6 Å². The van der Waals surface area contributed by atoms with Gasteiger partial charge in [0.15, 0.2) is 0 Å². The SMILES string of the molecule is COC(=O)c1ccc(-c2cncnc2)cc1N. The van der Waals surface area contributed by atoms with Gasteiger partial charge in [-0.15, -0.1) is 0 Å². The third-order valence-corrected chi connectivity index (χ3v) is 2.35. The van der Waals surface area contributed by atoms with Crippen molar-refractivity contribution in [1.29, 1.82) is 0 Å². The highest BCUT2D eigenvalue weighted by Gasteiger charge is 2.10. The minimum absolute atomic E-state index is 0.355. The third-order valence-electron chi connectivity index (χ3n) is 2.35. The van der Waals surface area contributed by atoms with Gasteiger partial charge >= 0.3 is 5.97 Å². The van der Waals surface area contributed by atoms with Crippen LogP contribution in [0.5, 0.6) is 0 Å². The molecule has 1 heterocycles. The molecule has 2 aromatic rings. The van der Waals surface area contributed by atoms with Gasteiger partial charge in [0.1, 0.15) is 6.33 Å². The van der Waals surface area contributed by atoms with Crippen molar-refractivity contribution < 1.29 is 9.53 Å². The van der Waals surface area contributed by atoms with Gasteiger partial charge in [0, 0.05) is 23.6 Å². The van der Waals surface area contributed by atoms with E-state index in [0.29, 0.717) is 11.3 Å². The summed E-state index contributed by atoms with van der Waals surface area (Å²) in [7, 11) is 1.32. The Kier molecular flexibility index (Phi) is 3.00. The zero-order valence-corrected chi connectivity index (χ0v) is 9.25. The maximum atomic E-state index is 11.4. The fraction of sp³-hybridized carbons (Fsp3) is 0.0833. The summed E-state index contributed by atoms with van der Waals surface area (Å²) in [5, 5.41) is 0. The quantitative estimate of drug-likeness (QED) is 0.623. The zero-order valence-electron chi connectivity index (χ0n) is 9.25. The van der Waals surface area contributed by atoms with Crippen LogP contribution in [0, 0.1) is 0 Å². The Morgan fingerprint density at radius 2 is 1.94 bits per heavy atom. The Bertz CT molecular complexity index is 541. The van der Waals surface area contributed by atoms with E-state index < -0.39 is 5.97 Å². The molecule has 0 atom stereocenters. The Labute approximate surface area is 98.3 Å². The molecule has 0 fully saturated rings. The number of aromatic nitrogens is 2. The summed E-state index contributed by atoms with van der Waals surface area (Å²) < 4.78 is 4.62. The van der Waals surface area contributed by atoms with E-state index in [2.05, 4.69) is 14.7 Å². The molecule has 0 bridgehead atoms. The average molecular weight is 229 g/mol. The van der Waals surface area contributed by atoms with E-state index in [4.69, 9.17) is 5.73 Å². The molecule has 0 saturated carbocycles. The molecule has 0 saturated heterocycles. The standard InChI is InChI=1S/C12H11N3O2/c1-17-12(16)10-3-2-8(4-11(10)13)9-5-14-7-15-6-9/h2-7H,13H2,1H3. The predicted molar refractivity (Wildman–Crippen MR) is 63.2 cm³/mol. The van der Waals surface area contributed by atoms with Crippen molar-refractivity contribution in [1.82, 2.24) is 9.97 Å². The van der Waals surface area contributed by atoms with Crippen LogP contribution < -0.4 is 5.73 Å². The van der Waals surface area contributed by atoms with Crippen molar-refractivity contribution in [2.45, 2.75) is 0 Å². The molecule has 2 rings (SSSR count). The first-order valence-corrected chi connectivity index (χ1v) is 4.95. The molecular formula is C12H11N3O2. The van der Waals surface area contributed by atoms with E-state index in [0.717, 1.165) is 11.1 Å². The van der Waals surface area contributed by atoms with E-state index in [-0.39, 0.29) is 0 Å². The fourth-order valence-corrected chi connectivity index (χ4v) is 1.49. The smallest absolute Gasteiger partial charge is 0.339 e. The van der Waals surface area contributed by atoms with Crippen LogP contribution in [-0.4, -0.2) is 23.0 Å². The molecular weight excluding hydrogens is 218 g/mol. The third kappa shape index (κ3) is 2.23. The van der Waals surface area contributed by atoms with Crippen molar-refractivity contribution in [3.05, 3.63) is 42.5 Å². The van der Waals surface area contributed by atoms with E-state index in [1.807, 2.05) is 0 Å². The highest BCUT2D eigenvalue weighted by atomic mass is 16.5. The van der Waals surface area contributed by atoms with Crippen molar-refractivity contribution in [2.24, 2.45) is 0 Å². The molecule has 0 aliphatic rings. The molecule has 1 aromatic heterocycles. The number of benzene rings is 1. The van der Waals surface area contributed by atoms with E-state index >= 15 is 0 Å². The maximum absolute atomic E-state index is 11.4. The Morgan fingerprint density at radius 3 is 2.53 bits per heavy atom. The second kappa shape index (κ2) is 4.61. The minimum Gasteiger partial charge on any atom is -0.465 e. The lowest BCUT2D eigenvalue weighted by Gasteiger charge is -2.06. The van der Waals surface area contributed by atoms with Crippen LogP contribution in [0.1, 0.15) is 10.4 Å². The predicted octanol–water partition coefficient (Wildman–Crippen LogP) is 1.51. The van der Waals surface area contributed by atoms with Gasteiger partial charge < -0.3 is 10.5 Å². The number of methoxy groups -OCH3 is 1. The van der Waals surface area contributed by atoms with Gasteiger partial charge in [0.05, 0.1) is 12.7 Å². The van der Waals surface area contributed by atoms with Crippen LogP contribution in [0.3, 0.4) is 0 Å². The summed E-state index contributed by atoms with van der Waals surface area (Å²) in [6, 6.07) is 5.11. The second-order valence-corrected chi connectivity index (χ2v) is 3.42. The number of nitrogen functional groups attached to an aromatic ring is 1. The van der Waals surface area contributed by atoms with Gasteiger partial charge in [0.2, 0.25) is 0 Å². The maximum Gasteiger partial charge on any atom is 0.339 e. The molecule has 0 amide bonds. The molecule has 1 aromatic carbocycles. The Hall–Kier alpha value is -2.43. The van der Waals surface area contributed by atoms with Gasteiger partial charge in [-0.05, 0) is 17.7 Å². The number of anilines is 1. The topological polar surface area (TPSA) is 78.1 Å². The van der Waals surface area contributed by atoms with Gasteiger partial charge in [-0.3, -0.25) is 0 Å². The number of nitrogens with two attached hydrogens (primary N) is 1. The number of hydrogen-bond donors (Lipinski definition) is 1. The number of rotatable bonds is 2. The zero-order chi connectivity index (χ0) is 12.3. The summed E-state index contributed by atoms with van der Waals surface area (Å²) in [5.74, 6) is -0.446. The van der Waals surface area contributed by atoms with Crippen molar-refractivity contribution >= 4 is 11.7 Å². The number of esters is 1. The molecule has 86 valence electrons. The molecule has 0 unspecified atom stereocenters. The van der Waals surface area contributed by atoms with E-state index in [9.17, 15) is 4.79 Å². The molecule has 5 nitrogen and oxygen atoms in total. The largest absolute Gasteiger partial charge is 0.465 e. The Morgan fingerprint density at radius 1 is 1.24 bits per heavy atom. The van der Waals surface area contributed by atoms with Crippen LogP contribution in [0.2, 0.25) is 0 Å². The molecule has 17 heavy (non-hydrogen) atoms.